The first-order chi connectivity index (χ1) is 8.54. The van der Waals surface area contributed by atoms with Crippen molar-refractivity contribution in [2.24, 2.45) is 0 Å². The predicted octanol–water partition coefficient (Wildman–Crippen LogP) is 4.06. The zero-order valence-corrected chi connectivity index (χ0v) is 12.0. The first-order valence-electron chi connectivity index (χ1n) is 5.95. The molecule has 2 aromatic rings. The van der Waals surface area contributed by atoms with E-state index in [4.69, 9.17) is 0 Å². The maximum atomic E-state index is 11.4. The van der Waals surface area contributed by atoms with E-state index < -0.39 is 5.97 Å². The molecule has 2 N–H and O–H groups in total. The molecule has 1 heterocycles. The van der Waals surface area contributed by atoms with Gasteiger partial charge < -0.3 is 10.1 Å². The number of nitrogens with one attached hydrogen (secondary N) is 1. The van der Waals surface area contributed by atoms with Gasteiger partial charge in [-0.25, -0.2) is 4.79 Å². The van der Waals surface area contributed by atoms with E-state index >= 15 is 0 Å². The number of rotatable bonds is 4. The van der Waals surface area contributed by atoms with Gasteiger partial charge >= 0.3 is 5.97 Å². The van der Waals surface area contributed by atoms with E-state index in [0.717, 1.165) is 33.8 Å². The van der Waals surface area contributed by atoms with Gasteiger partial charge in [0, 0.05) is 22.4 Å². The van der Waals surface area contributed by atoms with Crippen LogP contribution in [0.2, 0.25) is 0 Å². The van der Waals surface area contributed by atoms with Crippen molar-refractivity contribution in [3.05, 3.63) is 35.0 Å². The summed E-state index contributed by atoms with van der Waals surface area (Å²) in [7, 11) is 0. The largest absolute Gasteiger partial charge is 0.478 e. The molecule has 0 aliphatic rings. The Morgan fingerprint density at radius 1 is 1.50 bits per heavy atom. The molecule has 3 nitrogen and oxygen atoms in total. The van der Waals surface area contributed by atoms with Crippen LogP contribution in [0.25, 0.3) is 10.9 Å². The quantitative estimate of drug-likeness (QED) is 0.837. The van der Waals surface area contributed by atoms with Gasteiger partial charge in [-0.3, -0.25) is 0 Å². The van der Waals surface area contributed by atoms with Crippen molar-refractivity contribution in [1.82, 2.24) is 4.98 Å². The lowest BCUT2D eigenvalue weighted by Crippen LogP contribution is -2.02. The third-order valence-electron chi connectivity index (χ3n) is 3.34. The Labute approximate surface area is 114 Å². The summed E-state index contributed by atoms with van der Waals surface area (Å²) in [5, 5.41) is 11.1. The standard InChI is InChI=1S/C14H16BrNO2/c1-8(3-4-15)10-5-11(14(17)18)13-9(2)7-16-12(13)6-10/h5-8,16H,3-4H2,1-2H3,(H,17,18). The van der Waals surface area contributed by atoms with Gasteiger partial charge in [-0.05, 0) is 42.5 Å². The van der Waals surface area contributed by atoms with Crippen LogP contribution in [0.4, 0.5) is 0 Å². The summed E-state index contributed by atoms with van der Waals surface area (Å²) < 4.78 is 0. The van der Waals surface area contributed by atoms with E-state index in [1.807, 2.05) is 13.1 Å². The fourth-order valence-electron chi connectivity index (χ4n) is 2.24. The number of carbonyl (C=O) groups is 1. The molecule has 1 unspecified atom stereocenters. The summed E-state index contributed by atoms with van der Waals surface area (Å²) in [4.78, 5) is 14.5. The molecule has 0 aliphatic carbocycles. The molecule has 4 heteroatoms. The highest BCUT2D eigenvalue weighted by molar-refractivity contribution is 9.09. The smallest absolute Gasteiger partial charge is 0.336 e. The molecular formula is C14H16BrNO2. The van der Waals surface area contributed by atoms with Crippen molar-refractivity contribution < 1.29 is 9.90 Å². The van der Waals surface area contributed by atoms with Gasteiger partial charge in [0.05, 0.1) is 5.56 Å². The van der Waals surface area contributed by atoms with Gasteiger partial charge in [0.1, 0.15) is 0 Å². The van der Waals surface area contributed by atoms with Crippen molar-refractivity contribution in [3.8, 4) is 0 Å². The number of carboxylic acids is 1. The number of alkyl halides is 1. The van der Waals surface area contributed by atoms with Gasteiger partial charge in [0.25, 0.3) is 0 Å². The van der Waals surface area contributed by atoms with E-state index in [2.05, 4.69) is 33.9 Å². The SMILES string of the molecule is Cc1c[nH]c2cc(C(C)CCBr)cc(C(=O)O)c12. The molecule has 0 saturated carbocycles. The molecule has 18 heavy (non-hydrogen) atoms. The summed E-state index contributed by atoms with van der Waals surface area (Å²) in [6, 6.07) is 3.86. The zero-order valence-electron chi connectivity index (χ0n) is 10.5. The average molecular weight is 310 g/mol. The van der Waals surface area contributed by atoms with Crippen molar-refractivity contribution in [1.29, 1.82) is 0 Å². The molecule has 1 aromatic carbocycles. The molecule has 0 spiro atoms. The van der Waals surface area contributed by atoms with E-state index in [0.29, 0.717) is 11.5 Å². The maximum Gasteiger partial charge on any atom is 0.336 e. The minimum Gasteiger partial charge on any atom is -0.478 e. The summed E-state index contributed by atoms with van der Waals surface area (Å²) in [5.74, 6) is -0.522. The molecule has 0 bridgehead atoms. The van der Waals surface area contributed by atoms with Crippen LogP contribution < -0.4 is 0 Å². The minimum atomic E-state index is -0.865. The van der Waals surface area contributed by atoms with E-state index in [1.165, 1.54) is 0 Å². The molecule has 1 atom stereocenters. The van der Waals surface area contributed by atoms with Crippen LogP contribution in [0.5, 0.6) is 0 Å². The van der Waals surface area contributed by atoms with Crippen molar-refractivity contribution in [2.45, 2.75) is 26.2 Å². The Morgan fingerprint density at radius 3 is 2.83 bits per heavy atom. The lowest BCUT2D eigenvalue weighted by molar-refractivity contribution is 0.0699. The molecular weight excluding hydrogens is 294 g/mol. The number of benzene rings is 1. The lowest BCUT2D eigenvalue weighted by Gasteiger charge is -2.12. The number of hydrogen-bond donors (Lipinski definition) is 2. The number of aryl methyl sites for hydroxylation is 1. The molecule has 0 radical (unpaired) electrons. The van der Waals surface area contributed by atoms with E-state index in [9.17, 15) is 9.90 Å². The number of fused-ring (bicyclic) bond motifs is 1. The topological polar surface area (TPSA) is 53.1 Å². The van der Waals surface area contributed by atoms with Crippen LogP contribution in [0.15, 0.2) is 18.3 Å². The van der Waals surface area contributed by atoms with Crippen molar-refractivity contribution in [3.63, 3.8) is 0 Å². The summed E-state index contributed by atoms with van der Waals surface area (Å²) in [6.07, 6.45) is 2.85. The van der Waals surface area contributed by atoms with Gasteiger partial charge in [-0.1, -0.05) is 22.9 Å². The molecule has 0 amide bonds. The molecule has 0 aliphatic heterocycles. The van der Waals surface area contributed by atoms with Gasteiger partial charge in [0.15, 0.2) is 0 Å². The van der Waals surface area contributed by atoms with Crippen LogP contribution in [0, 0.1) is 6.92 Å². The lowest BCUT2D eigenvalue weighted by atomic mass is 9.94. The number of aromatic nitrogens is 1. The molecule has 96 valence electrons. The number of aromatic amines is 1. The first kappa shape index (κ1) is 13.1. The van der Waals surface area contributed by atoms with Crippen LogP contribution >= 0.6 is 15.9 Å². The third kappa shape index (κ3) is 2.29. The highest BCUT2D eigenvalue weighted by atomic mass is 79.9. The molecule has 1 aromatic heterocycles. The number of H-pyrrole nitrogens is 1. The van der Waals surface area contributed by atoms with Crippen LogP contribution in [0.3, 0.4) is 0 Å². The Bertz CT molecular complexity index is 589. The van der Waals surface area contributed by atoms with Crippen molar-refractivity contribution in [2.75, 3.05) is 5.33 Å². The van der Waals surface area contributed by atoms with Crippen molar-refractivity contribution >= 4 is 32.8 Å². The second kappa shape index (κ2) is 5.14. The van der Waals surface area contributed by atoms with E-state index in [-0.39, 0.29) is 0 Å². The number of halogens is 1. The van der Waals surface area contributed by atoms with Gasteiger partial charge in [-0.2, -0.15) is 0 Å². The summed E-state index contributed by atoms with van der Waals surface area (Å²) >= 11 is 3.42. The zero-order chi connectivity index (χ0) is 13.3. The number of aromatic carboxylic acids is 1. The Kier molecular flexibility index (Phi) is 3.76. The van der Waals surface area contributed by atoms with Crippen LogP contribution in [0.1, 0.15) is 40.7 Å². The molecule has 0 fully saturated rings. The fourth-order valence-corrected chi connectivity index (χ4v) is 2.93. The van der Waals surface area contributed by atoms with Crippen LogP contribution in [-0.2, 0) is 0 Å². The van der Waals surface area contributed by atoms with E-state index in [1.54, 1.807) is 6.07 Å². The highest BCUT2D eigenvalue weighted by Crippen LogP contribution is 2.29. The third-order valence-corrected chi connectivity index (χ3v) is 3.80. The first-order valence-corrected chi connectivity index (χ1v) is 7.07. The second-order valence-corrected chi connectivity index (χ2v) is 5.44. The summed E-state index contributed by atoms with van der Waals surface area (Å²) in [6.45, 7) is 4.04. The Morgan fingerprint density at radius 2 is 2.22 bits per heavy atom. The monoisotopic (exact) mass is 309 g/mol. The minimum absolute atomic E-state index is 0.343. The second-order valence-electron chi connectivity index (χ2n) is 4.65. The fraction of sp³-hybridized carbons (Fsp3) is 0.357. The molecule has 0 saturated heterocycles. The average Bonchev–Trinajstić information content (AvgIpc) is 2.70. The normalized spacial score (nSPS) is 12.8. The Balaban J connectivity index is 2.62. The van der Waals surface area contributed by atoms with Gasteiger partial charge in [-0.15, -0.1) is 0 Å². The maximum absolute atomic E-state index is 11.4. The number of hydrogen-bond acceptors (Lipinski definition) is 1. The predicted molar refractivity (Wildman–Crippen MR) is 76.8 cm³/mol. The summed E-state index contributed by atoms with van der Waals surface area (Å²) in [5.41, 5.74) is 3.34. The van der Waals surface area contributed by atoms with Crippen LogP contribution in [-0.4, -0.2) is 21.4 Å². The number of carboxylic acid groups (broad SMARTS) is 1. The molecule has 2 rings (SSSR count). The Hall–Kier alpha value is -1.29. The highest BCUT2D eigenvalue weighted by Gasteiger charge is 2.16. The van der Waals surface area contributed by atoms with Gasteiger partial charge in [0.2, 0.25) is 0 Å².